The highest BCUT2D eigenvalue weighted by atomic mass is 16.5. The molecule has 0 saturated carbocycles. The van der Waals surface area contributed by atoms with E-state index in [-0.39, 0.29) is 11.6 Å². The van der Waals surface area contributed by atoms with E-state index in [1.54, 1.807) is 0 Å². The third-order valence-corrected chi connectivity index (χ3v) is 4.69. The van der Waals surface area contributed by atoms with E-state index in [2.05, 4.69) is 36.1 Å². The summed E-state index contributed by atoms with van der Waals surface area (Å²) in [6.07, 6.45) is 2.65. The molecule has 0 bridgehead atoms. The lowest BCUT2D eigenvalue weighted by atomic mass is 9.89. The molecule has 6 heteroatoms. The third kappa shape index (κ3) is 4.08. The van der Waals surface area contributed by atoms with Gasteiger partial charge in [-0.3, -0.25) is 4.99 Å². The van der Waals surface area contributed by atoms with Crippen molar-refractivity contribution in [2.75, 3.05) is 53.5 Å². The van der Waals surface area contributed by atoms with Gasteiger partial charge in [-0.1, -0.05) is 0 Å². The van der Waals surface area contributed by atoms with Gasteiger partial charge in [0.2, 0.25) is 0 Å². The molecule has 0 unspecified atom stereocenters. The maximum Gasteiger partial charge on any atom is 0.194 e. The van der Waals surface area contributed by atoms with Crippen molar-refractivity contribution < 1.29 is 9.84 Å². The topological polar surface area (TPSA) is 60.3 Å². The van der Waals surface area contributed by atoms with E-state index in [9.17, 15) is 5.11 Å². The monoisotopic (exact) mass is 298 g/mol. The average molecular weight is 298 g/mol. The summed E-state index contributed by atoms with van der Waals surface area (Å²) in [6.45, 7) is 6.90. The second kappa shape index (κ2) is 7.42. The van der Waals surface area contributed by atoms with Crippen molar-refractivity contribution in [1.29, 1.82) is 0 Å². The zero-order chi connectivity index (χ0) is 15.3. The van der Waals surface area contributed by atoms with Crippen LogP contribution in [0.5, 0.6) is 0 Å². The number of hydrogen-bond donors (Lipinski definition) is 2. The van der Waals surface area contributed by atoms with Crippen LogP contribution in [0.15, 0.2) is 4.99 Å². The summed E-state index contributed by atoms with van der Waals surface area (Å²) in [7, 11) is 4.26. The van der Waals surface area contributed by atoms with Gasteiger partial charge in [0.15, 0.2) is 5.96 Å². The minimum absolute atomic E-state index is 0.0945. The molecule has 21 heavy (non-hydrogen) atoms. The first-order chi connectivity index (χ1) is 10.1. The number of β-amino-alcohol motifs (C(OH)–C–C–N with tert-alkyl or cyclic N) is 1. The summed E-state index contributed by atoms with van der Waals surface area (Å²) in [5.74, 6) is 0.932. The number of aliphatic imine (C=N–C) groups is 1. The second-order valence-corrected chi connectivity index (χ2v) is 6.29. The molecule has 0 amide bonds. The minimum Gasteiger partial charge on any atom is -0.391 e. The Morgan fingerprint density at radius 1 is 1.43 bits per heavy atom. The first-order valence-electron chi connectivity index (χ1n) is 8.04. The van der Waals surface area contributed by atoms with Crippen molar-refractivity contribution in [2.45, 2.75) is 37.8 Å². The maximum absolute atomic E-state index is 9.72. The Morgan fingerprint density at radius 2 is 2.14 bits per heavy atom. The van der Waals surface area contributed by atoms with E-state index in [0.717, 1.165) is 58.1 Å². The molecule has 2 N–H and O–H groups in total. The van der Waals surface area contributed by atoms with E-state index < -0.39 is 0 Å². The molecule has 0 aliphatic carbocycles. The van der Waals surface area contributed by atoms with Crippen molar-refractivity contribution >= 4 is 5.96 Å². The second-order valence-electron chi connectivity index (χ2n) is 6.29. The quantitative estimate of drug-likeness (QED) is 0.571. The van der Waals surface area contributed by atoms with Crippen LogP contribution in [-0.2, 0) is 4.74 Å². The first-order valence-corrected chi connectivity index (χ1v) is 8.04. The molecular weight excluding hydrogens is 268 g/mol. The van der Waals surface area contributed by atoms with Gasteiger partial charge in [0.05, 0.1) is 12.6 Å². The van der Waals surface area contributed by atoms with Crippen molar-refractivity contribution in [3.05, 3.63) is 0 Å². The highest BCUT2D eigenvalue weighted by Gasteiger charge is 2.35. The third-order valence-electron chi connectivity index (χ3n) is 4.69. The average Bonchev–Trinajstić information content (AvgIpc) is 2.90. The summed E-state index contributed by atoms with van der Waals surface area (Å²) in [5.41, 5.74) is 0.0945. The number of nitrogens with one attached hydrogen (secondary N) is 1. The number of guanidine groups is 1. The van der Waals surface area contributed by atoms with Crippen LogP contribution < -0.4 is 5.32 Å². The number of hydrogen-bond acceptors (Lipinski definition) is 4. The molecule has 2 aliphatic heterocycles. The Morgan fingerprint density at radius 3 is 2.67 bits per heavy atom. The van der Waals surface area contributed by atoms with Gasteiger partial charge in [-0.2, -0.15) is 0 Å². The number of aliphatic hydroxyl groups excluding tert-OH is 1. The van der Waals surface area contributed by atoms with Gasteiger partial charge in [-0.05, 0) is 40.3 Å². The maximum atomic E-state index is 9.72. The van der Waals surface area contributed by atoms with Crippen molar-refractivity contribution in [2.24, 2.45) is 4.99 Å². The predicted molar refractivity (Wildman–Crippen MR) is 84.6 cm³/mol. The zero-order valence-corrected chi connectivity index (χ0v) is 13.6. The van der Waals surface area contributed by atoms with Gasteiger partial charge < -0.3 is 25.0 Å². The molecular formula is C15H30N4O2. The van der Waals surface area contributed by atoms with Crippen LogP contribution in [0.1, 0.15) is 26.2 Å². The lowest BCUT2D eigenvalue weighted by molar-refractivity contribution is -0.00263. The Bertz CT molecular complexity index is 354. The summed E-state index contributed by atoms with van der Waals surface area (Å²) in [5, 5.41) is 13.1. The summed E-state index contributed by atoms with van der Waals surface area (Å²) in [4.78, 5) is 9.33. The van der Waals surface area contributed by atoms with Gasteiger partial charge >= 0.3 is 0 Å². The Kier molecular flexibility index (Phi) is 5.84. The molecule has 2 fully saturated rings. The van der Waals surface area contributed by atoms with Crippen molar-refractivity contribution in [1.82, 2.24) is 15.1 Å². The molecule has 0 aromatic carbocycles. The number of likely N-dealkylation sites (N-methyl/N-ethyl adjacent to an activating group) is 1. The van der Waals surface area contributed by atoms with E-state index >= 15 is 0 Å². The Hall–Kier alpha value is -0.850. The molecule has 6 nitrogen and oxygen atoms in total. The van der Waals surface area contributed by atoms with Crippen LogP contribution in [0, 0.1) is 0 Å². The van der Waals surface area contributed by atoms with Crippen LogP contribution in [-0.4, -0.2) is 86.0 Å². The molecule has 2 rings (SSSR count). The summed E-state index contributed by atoms with van der Waals surface area (Å²) >= 11 is 0. The standard InChI is InChI=1S/C15H30N4O2/c1-4-16-14(19-8-5-13(20)11-19)17-12-15(18(2)3)6-9-21-10-7-15/h13,20H,4-12H2,1-3H3,(H,16,17)/t13-/m1/s1. The predicted octanol–water partition coefficient (Wildman–Crippen LogP) is 0.129. The number of aliphatic hydroxyl groups is 1. The largest absolute Gasteiger partial charge is 0.391 e. The number of likely N-dealkylation sites (tertiary alicyclic amines) is 1. The van der Waals surface area contributed by atoms with E-state index in [4.69, 9.17) is 9.73 Å². The SMILES string of the molecule is CCNC(=NCC1(N(C)C)CCOCC1)N1CC[C@@H](O)C1. The van der Waals surface area contributed by atoms with E-state index in [1.165, 1.54) is 0 Å². The minimum atomic E-state index is -0.222. The van der Waals surface area contributed by atoms with Crippen molar-refractivity contribution in [3.63, 3.8) is 0 Å². The number of rotatable bonds is 4. The van der Waals surface area contributed by atoms with Gasteiger partial charge in [0.1, 0.15) is 0 Å². The Balaban J connectivity index is 2.06. The molecule has 0 aromatic heterocycles. The summed E-state index contributed by atoms with van der Waals surface area (Å²) in [6, 6.07) is 0. The lowest BCUT2D eigenvalue weighted by Gasteiger charge is -2.42. The van der Waals surface area contributed by atoms with E-state index in [0.29, 0.717) is 6.54 Å². The smallest absolute Gasteiger partial charge is 0.194 e. The fraction of sp³-hybridized carbons (Fsp3) is 0.933. The van der Waals surface area contributed by atoms with Gasteiger partial charge in [-0.15, -0.1) is 0 Å². The highest BCUT2D eigenvalue weighted by molar-refractivity contribution is 5.80. The Labute approximate surface area is 128 Å². The van der Waals surface area contributed by atoms with Gasteiger partial charge in [0.25, 0.3) is 0 Å². The normalized spacial score (nSPS) is 26.4. The molecule has 1 atom stereocenters. The molecule has 0 spiro atoms. The highest BCUT2D eigenvalue weighted by Crippen LogP contribution is 2.26. The summed E-state index contributed by atoms with van der Waals surface area (Å²) < 4.78 is 5.51. The van der Waals surface area contributed by atoms with Gasteiger partial charge in [0, 0.05) is 38.4 Å². The van der Waals surface area contributed by atoms with Gasteiger partial charge in [-0.25, -0.2) is 0 Å². The molecule has 2 heterocycles. The zero-order valence-electron chi connectivity index (χ0n) is 13.6. The number of ether oxygens (including phenoxy) is 1. The molecule has 122 valence electrons. The fourth-order valence-electron chi connectivity index (χ4n) is 3.08. The first kappa shape index (κ1) is 16.5. The van der Waals surface area contributed by atoms with Crippen LogP contribution in [0.2, 0.25) is 0 Å². The molecule has 2 saturated heterocycles. The van der Waals surface area contributed by atoms with E-state index in [1.807, 2.05) is 0 Å². The molecule has 0 aromatic rings. The lowest BCUT2D eigenvalue weighted by Crippen LogP contribution is -2.52. The molecule has 2 aliphatic rings. The van der Waals surface area contributed by atoms with Crippen LogP contribution in [0.3, 0.4) is 0 Å². The number of nitrogens with zero attached hydrogens (tertiary/aromatic N) is 3. The van der Waals surface area contributed by atoms with Crippen molar-refractivity contribution in [3.8, 4) is 0 Å². The van der Waals surface area contributed by atoms with Crippen LogP contribution >= 0.6 is 0 Å². The fourth-order valence-corrected chi connectivity index (χ4v) is 3.08. The van der Waals surface area contributed by atoms with Crippen LogP contribution in [0.25, 0.3) is 0 Å². The van der Waals surface area contributed by atoms with Crippen LogP contribution in [0.4, 0.5) is 0 Å². The molecule has 0 radical (unpaired) electrons.